The molecule has 1 aliphatic heterocycles. The number of rotatable bonds is 8. The van der Waals surface area contributed by atoms with E-state index in [0.29, 0.717) is 23.7 Å². The average molecular weight is 399 g/mol. The maximum absolute atomic E-state index is 12.1. The van der Waals surface area contributed by atoms with Crippen molar-refractivity contribution < 1.29 is 33.5 Å². The number of esters is 1. The van der Waals surface area contributed by atoms with Gasteiger partial charge in [-0.3, -0.25) is 14.9 Å². The molecule has 0 saturated carbocycles. The number of carbonyl (C=O) groups is 2. The summed E-state index contributed by atoms with van der Waals surface area (Å²) in [4.78, 5) is 34.6. The molecular formula is C20H17NO8. The van der Waals surface area contributed by atoms with Gasteiger partial charge in [0, 0.05) is 11.6 Å². The van der Waals surface area contributed by atoms with Crippen molar-refractivity contribution >= 4 is 23.5 Å². The van der Waals surface area contributed by atoms with Crippen LogP contribution in [0.1, 0.15) is 22.8 Å². The first-order chi connectivity index (χ1) is 14.0. The van der Waals surface area contributed by atoms with Gasteiger partial charge in [0.25, 0.3) is 5.69 Å². The summed E-state index contributed by atoms with van der Waals surface area (Å²) in [6.45, 7) is 1.87. The number of ketones is 1. The summed E-state index contributed by atoms with van der Waals surface area (Å²) in [5, 5.41) is 11.2. The van der Waals surface area contributed by atoms with Gasteiger partial charge < -0.3 is 18.9 Å². The summed E-state index contributed by atoms with van der Waals surface area (Å²) in [5.41, 5.74) is 0.273. The molecule has 0 atom stereocenters. The Hall–Kier alpha value is -3.88. The second kappa shape index (κ2) is 8.87. The number of carbonyl (C=O) groups excluding carboxylic acids is 2. The van der Waals surface area contributed by atoms with E-state index in [-0.39, 0.29) is 29.6 Å². The van der Waals surface area contributed by atoms with Crippen LogP contribution >= 0.6 is 0 Å². The summed E-state index contributed by atoms with van der Waals surface area (Å²) in [6.07, 6.45) is 2.24. The third-order valence-electron chi connectivity index (χ3n) is 3.95. The monoisotopic (exact) mass is 399 g/mol. The predicted molar refractivity (Wildman–Crippen MR) is 101 cm³/mol. The Morgan fingerprint density at radius 3 is 2.52 bits per heavy atom. The largest absolute Gasteiger partial charge is 0.494 e. The van der Waals surface area contributed by atoms with Gasteiger partial charge >= 0.3 is 5.97 Å². The van der Waals surface area contributed by atoms with E-state index < -0.39 is 17.5 Å². The fourth-order valence-corrected chi connectivity index (χ4v) is 2.57. The van der Waals surface area contributed by atoms with Gasteiger partial charge in [0.2, 0.25) is 6.79 Å². The minimum absolute atomic E-state index is 0.0324. The summed E-state index contributed by atoms with van der Waals surface area (Å²) < 4.78 is 20.5. The van der Waals surface area contributed by atoms with E-state index in [1.165, 1.54) is 18.2 Å². The summed E-state index contributed by atoms with van der Waals surface area (Å²) in [7, 11) is 0. The molecule has 0 radical (unpaired) electrons. The van der Waals surface area contributed by atoms with Crippen molar-refractivity contribution in [2.24, 2.45) is 0 Å². The quantitative estimate of drug-likeness (QED) is 0.219. The zero-order chi connectivity index (χ0) is 20.8. The summed E-state index contributed by atoms with van der Waals surface area (Å²) in [5.74, 6) is 0.0427. The first-order valence-electron chi connectivity index (χ1n) is 8.67. The lowest BCUT2D eigenvalue weighted by Crippen LogP contribution is -2.12. The third kappa shape index (κ3) is 4.89. The second-order valence-electron chi connectivity index (χ2n) is 5.84. The van der Waals surface area contributed by atoms with Crippen LogP contribution < -0.4 is 14.2 Å². The standard InChI is InChI=1S/C20H17NO8/c1-2-26-15-6-3-13(4-7-15)17(22)11-27-20(23)8-5-14-9-18-19(29-12-28-18)10-16(14)21(24)25/h3-10H,2,11-12H2,1H3/b8-5+. The van der Waals surface area contributed by atoms with Crippen LogP contribution in [0.2, 0.25) is 0 Å². The molecule has 9 nitrogen and oxygen atoms in total. The minimum atomic E-state index is -0.809. The highest BCUT2D eigenvalue weighted by Crippen LogP contribution is 2.38. The zero-order valence-electron chi connectivity index (χ0n) is 15.5. The molecule has 150 valence electrons. The van der Waals surface area contributed by atoms with Crippen LogP contribution in [0.5, 0.6) is 17.2 Å². The molecule has 2 aromatic rings. The van der Waals surface area contributed by atoms with E-state index in [1.54, 1.807) is 24.3 Å². The molecule has 0 amide bonds. The van der Waals surface area contributed by atoms with Gasteiger partial charge in [0.05, 0.1) is 23.2 Å². The van der Waals surface area contributed by atoms with Crippen molar-refractivity contribution in [1.82, 2.24) is 0 Å². The molecule has 0 spiro atoms. The van der Waals surface area contributed by atoms with E-state index in [2.05, 4.69) is 0 Å². The Kier molecular flexibility index (Phi) is 6.08. The highest BCUT2D eigenvalue weighted by atomic mass is 16.7. The van der Waals surface area contributed by atoms with Crippen LogP contribution in [0.15, 0.2) is 42.5 Å². The molecule has 0 N–H and O–H groups in total. The number of hydrogen-bond donors (Lipinski definition) is 0. The van der Waals surface area contributed by atoms with Crippen LogP contribution in [0.25, 0.3) is 6.08 Å². The number of Topliss-reactive ketones (excluding diaryl/α,β-unsaturated/α-hetero) is 1. The van der Waals surface area contributed by atoms with Gasteiger partial charge in [-0.25, -0.2) is 4.79 Å². The number of nitro groups is 1. The Morgan fingerprint density at radius 2 is 1.86 bits per heavy atom. The zero-order valence-corrected chi connectivity index (χ0v) is 15.5. The lowest BCUT2D eigenvalue weighted by Gasteiger charge is -2.05. The smallest absolute Gasteiger partial charge is 0.331 e. The Balaban J connectivity index is 1.61. The molecular weight excluding hydrogens is 382 g/mol. The molecule has 0 unspecified atom stereocenters. The summed E-state index contributed by atoms with van der Waals surface area (Å²) >= 11 is 0. The number of fused-ring (bicyclic) bond motifs is 1. The van der Waals surface area contributed by atoms with Crippen LogP contribution in [-0.2, 0) is 9.53 Å². The molecule has 0 bridgehead atoms. The first-order valence-corrected chi connectivity index (χ1v) is 8.67. The van der Waals surface area contributed by atoms with Gasteiger partial charge in [0.1, 0.15) is 5.75 Å². The molecule has 29 heavy (non-hydrogen) atoms. The molecule has 2 aromatic carbocycles. The van der Waals surface area contributed by atoms with Gasteiger partial charge in [0.15, 0.2) is 23.9 Å². The van der Waals surface area contributed by atoms with Crippen LogP contribution in [0, 0.1) is 10.1 Å². The number of hydrogen-bond acceptors (Lipinski definition) is 8. The molecule has 0 aromatic heterocycles. The molecule has 0 saturated heterocycles. The lowest BCUT2D eigenvalue weighted by atomic mass is 10.1. The van der Waals surface area contributed by atoms with Crippen molar-refractivity contribution in [3.8, 4) is 17.2 Å². The van der Waals surface area contributed by atoms with Gasteiger partial charge in [-0.1, -0.05) is 0 Å². The van der Waals surface area contributed by atoms with E-state index in [1.807, 2.05) is 6.92 Å². The van der Waals surface area contributed by atoms with Crippen molar-refractivity contribution in [3.63, 3.8) is 0 Å². The maximum Gasteiger partial charge on any atom is 0.331 e. The van der Waals surface area contributed by atoms with Crippen molar-refractivity contribution in [3.05, 3.63) is 63.7 Å². The fourth-order valence-electron chi connectivity index (χ4n) is 2.57. The van der Waals surface area contributed by atoms with Crippen LogP contribution in [0.4, 0.5) is 5.69 Å². The minimum Gasteiger partial charge on any atom is -0.494 e. The molecule has 1 aliphatic rings. The summed E-state index contributed by atoms with van der Waals surface area (Å²) in [6, 6.07) is 9.08. The van der Waals surface area contributed by atoms with E-state index in [4.69, 9.17) is 18.9 Å². The van der Waals surface area contributed by atoms with Gasteiger partial charge in [-0.2, -0.15) is 0 Å². The number of nitro benzene ring substituents is 1. The van der Waals surface area contributed by atoms with Crippen molar-refractivity contribution in [2.45, 2.75) is 6.92 Å². The molecule has 3 rings (SSSR count). The predicted octanol–water partition coefficient (Wildman–Crippen LogP) is 3.16. The number of ether oxygens (including phenoxy) is 4. The Labute approximate surface area is 165 Å². The van der Waals surface area contributed by atoms with Gasteiger partial charge in [-0.15, -0.1) is 0 Å². The topological polar surface area (TPSA) is 114 Å². The highest BCUT2D eigenvalue weighted by Gasteiger charge is 2.22. The van der Waals surface area contributed by atoms with Crippen molar-refractivity contribution in [1.29, 1.82) is 0 Å². The average Bonchev–Trinajstić information content (AvgIpc) is 3.18. The lowest BCUT2D eigenvalue weighted by molar-refractivity contribution is -0.385. The normalized spacial score (nSPS) is 12.0. The van der Waals surface area contributed by atoms with Crippen LogP contribution in [-0.4, -0.2) is 36.7 Å². The second-order valence-corrected chi connectivity index (χ2v) is 5.84. The van der Waals surface area contributed by atoms with E-state index >= 15 is 0 Å². The van der Waals surface area contributed by atoms with E-state index in [9.17, 15) is 19.7 Å². The number of benzene rings is 2. The molecule has 0 fully saturated rings. The highest BCUT2D eigenvalue weighted by molar-refractivity contribution is 5.99. The molecule has 9 heteroatoms. The Morgan fingerprint density at radius 1 is 1.17 bits per heavy atom. The molecule has 0 aliphatic carbocycles. The maximum atomic E-state index is 12.1. The van der Waals surface area contributed by atoms with Gasteiger partial charge in [-0.05, 0) is 43.3 Å². The Bertz CT molecular complexity index is 965. The number of nitrogens with zero attached hydrogens (tertiary/aromatic N) is 1. The van der Waals surface area contributed by atoms with Crippen LogP contribution in [0.3, 0.4) is 0 Å². The third-order valence-corrected chi connectivity index (χ3v) is 3.95. The van der Waals surface area contributed by atoms with E-state index in [0.717, 1.165) is 6.08 Å². The molecule has 1 heterocycles. The SMILES string of the molecule is CCOc1ccc(C(=O)COC(=O)/C=C/c2cc3c(cc2[N+](=O)[O-])OCO3)cc1. The van der Waals surface area contributed by atoms with Crippen molar-refractivity contribution in [2.75, 3.05) is 20.0 Å². The fraction of sp³-hybridized carbons (Fsp3) is 0.200. The first kappa shape index (κ1) is 19.9.